The van der Waals surface area contributed by atoms with E-state index < -0.39 is 16.7 Å². The number of nitrogens with zero attached hydrogens (tertiary/aromatic N) is 2. The van der Waals surface area contributed by atoms with Gasteiger partial charge in [0.25, 0.3) is 0 Å². The average molecular weight is 303 g/mol. The number of benzene rings is 1. The molecule has 1 N–H and O–H groups in total. The molecule has 0 bridgehead atoms. The lowest BCUT2D eigenvalue weighted by atomic mass is 10.1. The van der Waals surface area contributed by atoms with Crippen molar-refractivity contribution in [2.45, 2.75) is 12.7 Å². The van der Waals surface area contributed by atoms with Gasteiger partial charge in [-0.3, -0.25) is 10.1 Å². The van der Waals surface area contributed by atoms with E-state index in [0.29, 0.717) is 5.56 Å². The molecule has 9 heteroatoms. The molecule has 106 valence electrons. The van der Waals surface area contributed by atoms with Crippen molar-refractivity contribution in [2.24, 2.45) is 0 Å². The molecule has 0 aliphatic heterocycles. The topological polar surface area (TPSA) is 68.1 Å². The minimum Gasteiger partial charge on any atom is -0.357 e. The van der Waals surface area contributed by atoms with Gasteiger partial charge in [0, 0.05) is 6.54 Å². The molecule has 0 aliphatic carbocycles. The van der Waals surface area contributed by atoms with Gasteiger partial charge in [-0.05, 0) is 29.0 Å². The third-order valence-corrected chi connectivity index (χ3v) is 3.28. The van der Waals surface area contributed by atoms with E-state index in [1.807, 2.05) is 0 Å². The molecule has 0 aliphatic rings. The summed E-state index contributed by atoms with van der Waals surface area (Å²) in [7, 11) is 0. The zero-order valence-corrected chi connectivity index (χ0v) is 10.7. The Bertz CT molecular complexity index is 627. The van der Waals surface area contributed by atoms with Crippen molar-refractivity contribution in [2.75, 3.05) is 5.32 Å². The SMILES string of the molecule is O=[N+]([O-])c1cnc(NCc2cccc(C(F)(F)F)c2)s1. The minimum atomic E-state index is -4.39. The fraction of sp³-hybridized carbons (Fsp3) is 0.182. The van der Waals surface area contributed by atoms with E-state index in [0.717, 1.165) is 29.7 Å². The van der Waals surface area contributed by atoms with Crippen LogP contribution in [0.2, 0.25) is 0 Å². The zero-order valence-electron chi connectivity index (χ0n) is 9.85. The number of thiazole rings is 1. The molecule has 0 amide bonds. The standard InChI is InChI=1S/C11H8F3N3O2S/c12-11(13,14)8-3-1-2-7(4-8)5-15-10-16-6-9(20-10)17(18)19/h1-4,6H,5H2,(H,15,16). The van der Waals surface area contributed by atoms with E-state index in [4.69, 9.17) is 0 Å². The number of aromatic nitrogens is 1. The van der Waals surface area contributed by atoms with Gasteiger partial charge in [-0.25, -0.2) is 4.98 Å². The van der Waals surface area contributed by atoms with Gasteiger partial charge in [0.15, 0.2) is 5.13 Å². The summed E-state index contributed by atoms with van der Waals surface area (Å²) in [5.41, 5.74) is -0.320. The molecule has 1 aromatic heterocycles. The van der Waals surface area contributed by atoms with Crippen molar-refractivity contribution in [1.82, 2.24) is 4.98 Å². The van der Waals surface area contributed by atoms with Crippen LogP contribution < -0.4 is 5.32 Å². The molecule has 0 atom stereocenters. The van der Waals surface area contributed by atoms with Crippen LogP contribution in [-0.2, 0) is 12.7 Å². The van der Waals surface area contributed by atoms with Gasteiger partial charge < -0.3 is 5.32 Å². The second-order valence-electron chi connectivity index (χ2n) is 3.81. The Labute approximate surface area is 115 Å². The van der Waals surface area contributed by atoms with E-state index in [2.05, 4.69) is 10.3 Å². The van der Waals surface area contributed by atoms with Gasteiger partial charge in [-0.15, -0.1) is 0 Å². The molecule has 5 nitrogen and oxygen atoms in total. The molecule has 0 radical (unpaired) electrons. The van der Waals surface area contributed by atoms with Crippen molar-refractivity contribution in [3.63, 3.8) is 0 Å². The minimum absolute atomic E-state index is 0.106. The van der Waals surface area contributed by atoms with Crippen LogP contribution in [0.5, 0.6) is 0 Å². The zero-order chi connectivity index (χ0) is 14.8. The van der Waals surface area contributed by atoms with Crippen LogP contribution in [0.1, 0.15) is 11.1 Å². The van der Waals surface area contributed by atoms with E-state index in [-0.39, 0.29) is 16.7 Å². The van der Waals surface area contributed by atoms with Gasteiger partial charge in [-0.1, -0.05) is 12.1 Å². The number of rotatable bonds is 4. The predicted molar refractivity (Wildman–Crippen MR) is 67.5 cm³/mol. The summed E-state index contributed by atoms with van der Waals surface area (Å²) in [4.78, 5) is 13.7. The van der Waals surface area contributed by atoms with Gasteiger partial charge in [0.2, 0.25) is 0 Å². The first kappa shape index (κ1) is 14.3. The first-order chi connectivity index (χ1) is 9.36. The summed E-state index contributed by atoms with van der Waals surface area (Å²) >= 11 is 0.826. The third-order valence-electron chi connectivity index (χ3n) is 2.37. The molecule has 0 unspecified atom stereocenters. The summed E-state index contributed by atoms with van der Waals surface area (Å²) in [6.45, 7) is 0.106. The fourth-order valence-corrected chi connectivity index (χ4v) is 2.09. The summed E-state index contributed by atoms with van der Waals surface area (Å²) in [6.07, 6.45) is -3.30. The number of nitro groups is 1. The number of anilines is 1. The number of alkyl halides is 3. The Morgan fingerprint density at radius 3 is 2.75 bits per heavy atom. The van der Waals surface area contributed by atoms with Crippen molar-refractivity contribution in [3.8, 4) is 0 Å². The molecular formula is C11H8F3N3O2S. The normalized spacial score (nSPS) is 11.3. The summed E-state index contributed by atoms with van der Waals surface area (Å²) < 4.78 is 37.6. The summed E-state index contributed by atoms with van der Waals surface area (Å²) in [5, 5.41) is 13.4. The highest BCUT2D eigenvalue weighted by atomic mass is 32.1. The summed E-state index contributed by atoms with van der Waals surface area (Å²) in [5.74, 6) is 0. The Morgan fingerprint density at radius 2 is 2.15 bits per heavy atom. The van der Waals surface area contributed by atoms with Crippen LogP contribution in [0.4, 0.5) is 23.3 Å². The van der Waals surface area contributed by atoms with Gasteiger partial charge in [-0.2, -0.15) is 13.2 Å². The predicted octanol–water partition coefficient (Wildman–Crippen LogP) is 3.68. The monoisotopic (exact) mass is 303 g/mol. The maximum atomic E-state index is 12.5. The Kier molecular flexibility index (Phi) is 3.89. The van der Waals surface area contributed by atoms with Crippen molar-refractivity contribution >= 4 is 21.5 Å². The molecule has 1 aromatic carbocycles. The van der Waals surface area contributed by atoms with Crippen LogP contribution in [-0.4, -0.2) is 9.91 Å². The molecule has 2 rings (SSSR count). The molecular weight excluding hydrogens is 295 g/mol. The van der Waals surface area contributed by atoms with E-state index >= 15 is 0 Å². The number of nitrogens with one attached hydrogen (secondary N) is 1. The lowest BCUT2D eigenvalue weighted by Crippen LogP contribution is -2.06. The Morgan fingerprint density at radius 1 is 1.40 bits per heavy atom. The lowest BCUT2D eigenvalue weighted by Gasteiger charge is -2.08. The van der Waals surface area contributed by atoms with Crippen LogP contribution in [0.15, 0.2) is 30.5 Å². The van der Waals surface area contributed by atoms with E-state index in [9.17, 15) is 23.3 Å². The molecule has 2 aromatic rings. The third kappa shape index (κ3) is 3.44. The van der Waals surface area contributed by atoms with E-state index in [1.165, 1.54) is 12.1 Å². The Balaban J connectivity index is 2.05. The van der Waals surface area contributed by atoms with Gasteiger partial charge in [0.05, 0.1) is 10.5 Å². The number of hydrogen-bond acceptors (Lipinski definition) is 5. The quantitative estimate of drug-likeness (QED) is 0.691. The molecule has 0 fully saturated rings. The fourth-order valence-electron chi connectivity index (χ4n) is 1.47. The Hall–Kier alpha value is -2.16. The summed E-state index contributed by atoms with van der Waals surface area (Å²) in [6, 6.07) is 4.85. The smallest absolute Gasteiger partial charge is 0.357 e. The van der Waals surface area contributed by atoms with Crippen molar-refractivity contribution < 1.29 is 18.1 Å². The number of halogens is 3. The molecule has 20 heavy (non-hydrogen) atoms. The first-order valence-corrected chi connectivity index (χ1v) is 6.18. The molecule has 0 spiro atoms. The van der Waals surface area contributed by atoms with Crippen LogP contribution in [0.25, 0.3) is 0 Å². The van der Waals surface area contributed by atoms with Crippen LogP contribution in [0, 0.1) is 10.1 Å². The maximum absolute atomic E-state index is 12.5. The highest BCUT2D eigenvalue weighted by Crippen LogP contribution is 2.30. The highest BCUT2D eigenvalue weighted by Gasteiger charge is 2.30. The largest absolute Gasteiger partial charge is 0.416 e. The molecule has 0 saturated carbocycles. The lowest BCUT2D eigenvalue weighted by molar-refractivity contribution is -0.380. The molecule has 0 saturated heterocycles. The van der Waals surface area contributed by atoms with Gasteiger partial charge >= 0.3 is 11.2 Å². The number of hydrogen-bond donors (Lipinski definition) is 1. The van der Waals surface area contributed by atoms with Crippen LogP contribution >= 0.6 is 11.3 Å². The second-order valence-corrected chi connectivity index (χ2v) is 4.82. The molecule has 1 heterocycles. The maximum Gasteiger partial charge on any atom is 0.416 e. The van der Waals surface area contributed by atoms with Crippen molar-refractivity contribution in [3.05, 3.63) is 51.7 Å². The van der Waals surface area contributed by atoms with Crippen molar-refractivity contribution in [1.29, 1.82) is 0 Å². The van der Waals surface area contributed by atoms with Crippen LogP contribution in [0.3, 0.4) is 0 Å². The van der Waals surface area contributed by atoms with Gasteiger partial charge in [0.1, 0.15) is 6.20 Å². The first-order valence-electron chi connectivity index (χ1n) is 5.36. The average Bonchev–Trinajstić information content (AvgIpc) is 2.85. The van der Waals surface area contributed by atoms with E-state index in [1.54, 1.807) is 0 Å². The second kappa shape index (κ2) is 5.45. The highest BCUT2D eigenvalue weighted by molar-refractivity contribution is 7.18.